The SMILES string of the molecule is Cc1ccc(C[NH+](C)CC(=O)Nc2ccc3c(c2)OCO3)cc1. The molecule has 1 unspecified atom stereocenters. The summed E-state index contributed by atoms with van der Waals surface area (Å²) in [5.74, 6) is 1.36. The molecule has 1 heterocycles. The zero-order valence-electron chi connectivity index (χ0n) is 13.4. The molecule has 120 valence electrons. The van der Waals surface area contributed by atoms with Gasteiger partial charge in [0, 0.05) is 17.3 Å². The van der Waals surface area contributed by atoms with Gasteiger partial charge in [0.15, 0.2) is 18.0 Å². The van der Waals surface area contributed by atoms with Gasteiger partial charge in [-0.05, 0) is 19.1 Å². The molecule has 0 saturated heterocycles. The van der Waals surface area contributed by atoms with Crippen molar-refractivity contribution in [3.8, 4) is 11.5 Å². The second-order valence-electron chi connectivity index (χ2n) is 5.91. The van der Waals surface area contributed by atoms with Gasteiger partial charge in [0.2, 0.25) is 6.79 Å². The van der Waals surface area contributed by atoms with Crippen molar-refractivity contribution < 1.29 is 19.2 Å². The van der Waals surface area contributed by atoms with E-state index < -0.39 is 0 Å². The van der Waals surface area contributed by atoms with Crippen molar-refractivity contribution in [2.45, 2.75) is 13.5 Å². The number of fused-ring (bicyclic) bond motifs is 1. The predicted molar refractivity (Wildman–Crippen MR) is 87.8 cm³/mol. The van der Waals surface area contributed by atoms with Gasteiger partial charge in [0.25, 0.3) is 5.91 Å². The first kappa shape index (κ1) is 15.4. The molecule has 2 N–H and O–H groups in total. The van der Waals surface area contributed by atoms with Crippen molar-refractivity contribution in [2.75, 3.05) is 25.7 Å². The summed E-state index contributed by atoms with van der Waals surface area (Å²) in [5.41, 5.74) is 3.19. The second kappa shape index (κ2) is 6.71. The highest BCUT2D eigenvalue weighted by Crippen LogP contribution is 2.34. The standard InChI is InChI=1S/C18H20N2O3/c1-13-3-5-14(6-4-13)10-20(2)11-18(21)19-15-7-8-16-17(9-15)23-12-22-16/h3-9H,10-12H2,1-2H3,(H,19,21)/p+1. The highest BCUT2D eigenvalue weighted by Gasteiger charge is 2.15. The van der Waals surface area contributed by atoms with E-state index in [1.165, 1.54) is 11.1 Å². The van der Waals surface area contributed by atoms with Crippen LogP contribution in [0.5, 0.6) is 11.5 Å². The first-order valence-electron chi connectivity index (χ1n) is 7.66. The maximum absolute atomic E-state index is 12.2. The lowest BCUT2D eigenvalue weighted by molar-refractivity contribution is -0.885. The highest BCUT2D eigenvalue weighted by atomic mass is 16.7. The van der Waals surface area contributed by atoms with Gasteiger partial charge < -0.3 is 19.7 Å². The molecule has 0 fully saturated rings. The van der Waals surface area contributed by atoms with Gasteiger partial charge in [-0.15, -0.1) is 0 Å². The Hall–Kier alpha value is -2.53. The number of aryl methyl sites for hydroxylation is 1. The van der Waals surface area contributed by atoms with Crippen LogP contribution in [-0.4, -0.2) is 26.3 Å². The largest absolute Gasteiger partial charge is 0.454 e. The van der Waals surface area contributed by atoms with Crippen molar-refractivity contribution in [3.05, 3.63) is 53.6 Å². The third-order valence-corrected chi connectivity index (χ3v) is 3.75. The Bertz CT molecular complexity index is 698. The van der Waals surface area contributed by atoms with Crippen molar-refractivity contribution >= 4 is 11.6 Å². The number of rotatable bonds is 5. The first-order valence-corrected chi connectivity index (χ1v) is 7.66. The lowest BCUT2D eigenvalue weighted by Crippen LogP contribution is -3.08. The number of carbonyl (C=O) groups excluding carboxylic acids is 1. The summed E-state index contributed by atoms with van der Waals surface area (Å²) >= 11 is 0. The van der Waals surface area contributed by atoms with E-state index in [1.807, 2.05) is 13.1 Å². The highest BCUT2D eigenvalue weighted by molar-refractivity contribution is 5.91. The van der Waals surface area contributed by atoms with Crippen molar-refractivity contribution in [1.82, 2.24) is 0 Å². The van der Waals surface area contributed by atoms with Crippen LogP contribution in [0.4, 0.5) is 5.69 Å². The molecule has 5 nitrogen and oxygen atoms in total. The molecule has 0 radical (unpaired) electrons. The predicted octanol–water partition coefficient (Wildman–Crippen LogP) is 1.38. The number of likely N-dealkylation sites (N-methyl/N-ethyl adjacent to an activating group) is 1. The summed E-state index contributed by atoms with van der Waals surface area (Å²) < 4.78 is 10.6. The van der Waals surface area contributed by atoms with Crippen LogP contribution in [0.1, 0.15) is 11.1 Å². The van der Waals surface area contributed by atoms with Crippen molar-refractivity contribution in [1.29, 1.82) is 0 Å². The third kappa shape index (κ3) is 4.02. The molecule has 0 saturated carbocycles. The maximum atomic E-state index is 12.2. The van der Waals surface area contributed by atoms with E-state index in [9.17, 15) is 4.79 Å². The van der Waals surface area contributed by atoms with Gasteiger partial charge in [-0.2, -0.15) is 0 Å². The Morgan fingerprint density at radius 2 is 1.87 bits per heavy atom. The molecular formula is C18H21N2O3+. The molecule has 0 bridgehead atoms. The van der Waals surface area contributed by atoms with E-state index in [1.54, 1.807) is 12.1 Å². The number of benzene rings is 2. The molecule has 2 aromatic carbocycles. The third-order valence-electron chi connectivity index (χ3n) is 3.75. The van der Waals surface area contributed by atoms with Gasteiger partial charge in [-0.1, -0.05) is 29.8 Å². The number of quaternary nitrogens is 1. The zero-order chi connectivity index (χ0) is 16.2. The first-order chi connectivity index (χ1) is 11.1. The second-order valence-corrected chi connectivity index (χ2v) is 5.91. The van der Waals surface area contributed by atoms with E-state index in [4.69, 9.17) is 9.47 Å². The van der Waals surface area contributed by atoms with Gasteiger partial charge in [0.05, 0.1) is 7.05 Å². The number of ether oxygens (including phenoxy) is 2. The molecule has 1 atom stereocenters. The van der Waals surface area contributed by atoms with Crippen LogP contribution < -0.4 is 19.7 Å². The summed E-state index contributed by atoms with van der Waals surface area (Å²) in [4.78, 5) is 13.3. The minimum Gasteiger partial charge on any atom is -0.454 e. The smallest absolute Gasteiger partial charge is 0.279 e. The average Bonchev–Trinajstić information content (AvgIpc) is 2.97. The van der Waals surface area contributed by atoms with Crippen LogP contribution >= 0.6 is 0 Å². The minimum absolute atomic E-state index is 0.0199. The van der Waals surface area contributed by atoms with E-state index in [0.717, 1.165) is 17.1 Å². The zero-order valence-corrected chi connectivity index (χ0v) is 13.4. The van der Waals surface area contributed by atoms with Crippen molar-refractivity contribution in [3.63, 3.8) is 0 Å². The summed E-state index contributed by atoms with van der Waals surface area (Å²) in [6, 6.07) is 13.8. The fourth-order valence-electron chi connectivity index (χ4n) is 2.57. The van der Waals surface area contributed by atoms with Crippen LogP contribution in [0.2, 0.25) is 0 Å². The normalized spacial score (nSPS) is 13.7. The molecule has 5 heteroatoms. The molecule has 0 spiro atoms. The Balaban J connectivity index is 1.53. The number of nitrogens with one attached hydrogen (secondary N) is 2. The van der Waals surface area contributed by atoms with Gasteiger partial charge in [-0.25, -0.2) is 0 Å². The Kier molecular flexibility index (Phi) is 4.48. The Morgan fingerprint density at radius 1 is 1.13 bits per heavy atom. The summed E-state index contributed by atoms with van der Waals surface area (Å²) in [7, 11) is 2.01. The van der Waals surface area contributed by atoms with Gasteiger partial charge in [-0.3, -0.25) is 4.79 Å². The van der Waals surface area contributed by atoms with Crippen LogP contribution in [-0.2, 0) is 11.3 Å². The number of carbonyl (C=O) groups is 1. The summed E-state index contributed by atoms with van der Waals surface area (Å²) in [5, 5.41) is 2.90. The summed E-state index contributed by atoms with van der Waals surface area (Å²) in [6.45, 7) is 3.52. The molecular weight excluding hydrogens is 292 g/mol. The van der Waals surface area contributed by atoms with Crippen molar-refractivity contribution in [2.24, 2.45) is 0 Å². The lowest BCUT2D eigenvalue weighted by Gasteiger charge is -2.14. The monoisotopic (exact) mass is 313 g/mol. The quantitative estimate of drug-likeness (QED) is 0.877. The number of hydrogen-bond acceptors (Lipinski definition) is 3. The van der Waals surface area contributed by atoms with E-state index in [-0.39, 0.29) is 12.7 Å². The number of anilines is 1. The van der Waals surface area contributed by atoms with Crippen LogP contribution in [0.3, 0.4) is 0 Å². The maximum Gasteiger partial charge on any atom is 0.279 e. The van der Waals surface area contributed by atoms with E-state index >= 15 is 0 Å². The van der Waals surface area contributed by atoms with Gasteiger partial charge >= 0.3 is 0 Å². The molecule has 1 amide bonds. The molecule has 2 aromatic rings. The topological polar surface area (TPSA) is 52.0 Å². The molecule has 23 heavy (non-hydrogen) atoms. The number of amides is 1. The van der Waals surface area contributed by atoms with Crippen LogP contribution in [0, 0.1) is 6.92 Å². The van der Waals surface area contributed by atoms with Gasteiger partial charge in [0.1, 0.15) is 6.54 Å². The minimum atomic E-state index is -0.0199. The molecule has 1 aliphatic heterocycles. The van der Waals surface area contributed by atoms with Crippen LogP contribution in [0.25, 0.3) is 0 Å². The summed E-state index contributed by atoms with van der Waals surface area (Å²) in [6.07, 6.45) is 0. The number of hydrogen-bond donors (Lipinski definition) is 2. The Labute approximate surface area is 135 Å². The van der Waals surface area contributed by atoms with E-state index in [2.05, 4.69) is 36.5 Å². The lowest BCUT2D eigenvalue weighted by atomic mass is 10.1. The molecule has 0 aromatic heterocycles. The van der Waals surface area contributed by atoms with E-state index in [0.29, 0.717) is 18.0 Å². The van der Waals surface area contributed by atoms with Crippen LogP contribution in [0.15, 0.2) is 42.5 Å². The molecule has 3 rings (SSSR count). The molecule has 1 aliphatic rings. The fourth-order valence-corrected chi connectivity index (χ4v) is 2.57. The fraction of sp³-hybridized carbons (Fsp3) is 0.278. The molecule has 0 aliphatic carbocycles. The Morgan fingerprint density at radius 3 is 2.65 bits per heavy atom. The average molecular weight is 313 g/mol.